The van der Waals surface area contributed by atoms with Gasteiger partial charge in [0.05, 0.1) is 12.6 Å². The molecule has 1 aromatic carbocycles. The van der Waals surface area contributed by atoms with Gasteiger partial charge in [0, 0.05) is 29.9 Å². The molecule has 0 saturated carbocycles. The second-order valence-electron chi connectivity index (χ2n) is 7.71. The Kier molecular flexibility index (Phi) is 7.19. The van der Waals surface area contributed by atoms with Crippen LogP contribution in [0.2, 0.25) is 5.02 Å². The van der Waals surface area contributed by atoms with Crippen molar-refractivity contribution in [3.63, 3.8) is 0 Å². The second kappa shape index (κ2) is 9.63. The van der Waals surface area contributed by atoms with Crippen LogP contribution in [0.25, 0.3) is 0 Å². The number of carbonyl (C=O) groups excluding carboxylic acids is 2. The number of fused-ring (bicyclic) bond motifs is 1. The first-order valence-corrected chi connectivity index (χ1v) is 11.1. The molecule has 0 spiro atoms. The molecule has 2 heterocycles. The fourth-order valence-corrected chi connectivity index (χ4v) is 4.63. The van der Waals surface area contributed by atoms with Gasteiger partial charge in [-0.3, -0.25) is 9.59 Å². The average Bonchev–Trinajstić information content (AvgIpc) is 3.15. The minimum atomic E-state index is -0.166. The zero-order valence-electron chi connectivity index (χ0n) is 17.1. The van der Waals surface area contributed by atoms with Gasteiger partial charge in [-0.25, -0.2) is 0 Å². The molecule has 1 aromatic heterocycles. The van der Waals surface area contributed by atoms with E-state index in [1.165, 1.54) is 11.8 Å². The van der Waals surface area contributed by atoms with Crippen LogP contribution in [0.5, 0.6) is 5.75 Å². The number of hydrogen-bond acceptors (Lipinski definition) is 4. The first-order chi connectivity index (χ1) is 13.8. The third-order valence-corrected chi connectivity index (χ3v) is 6.24. The molecule has 3 rings (SSSR count). The molecular weight excluding hydrogens is 408 g/mol. The predicted molar refractivity (Wildman–Crippen MR) is 117 cm³/mol. The number of rotatable bonds is 7. The van der Waals surface area contributed by atoms with Crippen LogP contribution in [0.3, 0.4) is 0 Å². The Labute approximate surface area is 181 Å². The molecule has 0 fully saturated rings. The zero-order valence-corrected chi connectivity index (χ0v) is 18.6. The summed E-state index contributed by atoms with van der Waals surface area (Å²) in [4.78, 5) is 29.9. The Bertz CT molecular complexity index is 850. The number of amides is 2. The highest BCUT2D eigenvalue weighted by molar-refractivity contribution is 7.10. The Morgan fingerprint density at radius 3 is 2.66 bits per heavy atom. The summed E-state index contributed by atoms with van der Waals surface area (Å²) in [6.07, 6.45) is 0.834. The van der Waals surface area contributed by atoms with E-state index in [0.29, 0.717) is 36.4 Å². The van der Waals surface area contributed by atoms with Crippen molar-refractivity contribution in [2.24, 2.45) is 5.92 Å². The lowest BCUT2D eigenvalue weighted by molar-refractivity contribution is -0.142. The fraction of sp³-hybridized carbons (Fsp3) is 0.455. The molecule has 156 valence electrons. The van der Waals surface area contributed by atoms with E-state index in [9.17, 15) is 9.59 Å². The van der Waals surface area contributed by atoms with Crippen LogP contribution >= 0.6 is 22.9 Å². The Hall–Kier alpha value is -2.05. The van der Waals surface area contributed by atoms with Crippen molar-refractivity contribution in [1.82, 2.24) is 9.80 Å². The molecule has 2 amide bonds. The first-order valence-electron chi connectivity index (χ1n) is 9.84. The number of nitrogens with zero attached hydrogens (tertiary/aromatic N) is 2. The Morgan fingerprint density at radius 2 is 2.00 bits per heavy atom. The zero-order chi connectivity index (χ0) is 21.0. The topological polar surface area (TPSA) is 49.9 Å². The molecule has 0 saturated heterocycles. The molecule has 7 heteroatoms. The van der Waals surface area contributed by atoms with Gasteiger partial charge in [-0.1, -0.05) is 25.4 Å². The van der Waals surface area contributed by atoms with Crippen LogP contribution in [-0.2, 0) is 16.0 Å². The van der Waals surface area contributed by atoms with Crippen LogP contribution in [-0.4, -0.2) is 47.9 Å². The summed E-state index contributed by atoms with van der Waals surface area (Å²) in [5.74, 6) is 0.909. The fourth-order valence-electron chi connectivity index (χ4n) is 3.58. The molecule has 29 heavy (non-hydrogen) atoms. The van der Waals surface area contributed by atoms with Gasteiger partial charge in [0.25, 0.3) is 0 Å². The minimum Gasteiger partial charge on any atom is -0.491 e. The van der Waals surface area contributed by atoms with Crippen molar-refractivity contribution in [1.29, 1.82) is 0 Å². The van der Waals surface area contributed by atoms with Crippen LogP contribution in [0.4, 0.5) is 0 Å². The van der Waals surface area contributed by atoms with E-state index in [1.54, 1.807) is 28.4 Å². The normalized spacial score (nSPS) is 15.9. The van der Waals surface area contributed by atoms with Gasteiger partial charge in [0.2, 0.25) is 11.8 Å². The predicted octanol–water partition coefficient (Wildman–Crippen LogP) is 4.41. The second-order valence-corrected chi connectivity index (χ2v) is 9.15. The molecular formula is C22H27ClN2O3S. The smallest absolute Gasteiger partial charge is 0.242 e. The van der Waals surface area contributed by atoms with Crippen LogP contribution in [0.15, 0.2) is 35.7 Å². The SMILES string of the molecule is CC(=O)N(CC(=O)N1CCc2sccc2C1COc1ccc(Cl)cc1)CC(C)C. The minimum absolute atomic E-state index is 0.0394. The monoisotopic (exact) mass is 434 g/mol. The summed E-state index contributed by atoms with van der Waals surface area (Å²) in [5.41, 5.74) is 1.14. The number of benzene rings is 1. The van der Waals surface area contributed by atoms with Crippen molar-refractivity contribution < 1.29 is 14.3 Å². The number of hydrogen-bond donors (Lipinski definition) is 0. The third-order valence-electron chi connectivity index (χ3n) is 4.99. The molecule has 0 bridgehead atoms. The van der Waals surface area contributed by atoms with E-state index in [4.69, 9.17) is 16.3 Å². The summed E-state index contributed by atoms with van der Waals surface area (Å²) in [7, 11) is 0. The van der Waals surface area contributed by atoms with Crippen LogP contribution < -0.4 is 4.74 Å². The van der Waals surface area contributed by atoms with Gasteiger partial charge in [-0.2, -0.15) is 0 Å². The van der Waals surface area contributed by atoms with E-state index in [0.717, 1.165) is 12.0 Å². The average molecular weight is 435 g/mol. The highest BCUT2D eigenvalue weighted by atomic mass is 35.5. The van der Waals surface area contributed by atoms with Crippen LogP contribution in [0, 0.1) is 5.92 Å². The number of carbonyl (C=O) groups is 2. The van der Waals surface area contributed by atoms with Crippen molar-refractivity contribution in [3.05, 3.63) is 51.2 Å². The van der Waals surface area contributed by atoms with Crippen molar-refractivity contribution in [2.75, 3.05) is 26.2 Å². The van der Waals surface area contributed by atoms with Crippen molar-refractivity contribution >= 4 is 34.8 Å². The van der Waals surface area contributed by atoms with Gasteiger partial charge in [-0.15, -0.1) is 11.3 Å². The van der Waals surface area contributed by atoms with E-state index < -0.39 is 0 Å². The van der Waals surface area contributed by atoms with E-state index in [2.05, 4.69) is 11.4 Å². The third kappa shape index (κ3) is 5.52. The van der Waals surface area contributed by atoms with Gasteiger partial charge in [0.15, 0.2) is 0 Å². The highest BCUT2D eigenvalue weighted by Gasteiger charge is 2.33. The molecule has 5 nitrogen and oxygen atoms in total. The van der Waals surface area contributed by atoms with E-state index >= 15 is 0 Å². The lowest BCUT2D eigenvalue weighted by atomic mass is 10.0. The summed E-state index contributed by atoms with van der Waals surface area (Å²) in [6, 6.07) is 9.13. The maximum atomic E-state index is 13.2. The molecule has 2 aromatic rings. The summed E-state index contributed by atoms with van der Waals surface area (Å²) >= 11 is 7.67. The molecule has 1 aliphatic rings. The Balaban J connectivity index is 1.75. The highest BCUT2D eigenvalue weighted by Crippen LogP contribution is 2.34. The standard InChI is InChI=1S/C22H27ClN2O3S/c1-15(2)12-24(16(3)26)13-22(27)25-10-8-21-19(9-11-29-21)20(25)14-28-18-6-4-17(23)5-7-18/h4-7,9,11,15,20H,8,10,12-14H2,1-3H3. The van der Waals surface area contributed by atoms with E-state index in [-0.39, 0.29) is 24.4 Å². The van der Waals surface area contributed by atoms with Crippen LogP contribution in [0.1, 0.15) is 37.3 Å². The van der Waals surface area contributed by atoms with Crippen molar-refractivity contribution in [2.45, 2.75) is 33.2 Å². The quantitative estimate of drug-likeness (QED) is 0.648. The molecule has 1 unspecified atom stereocenters. The molecule has 0 aliphatic carbocycles. The van der Waals surface area contributed by atoms with Gasteiger partial charge in [-0.05, 0) is 53.6 Å². The summed E-state index contributed by atoms with van der Waals surface area (Å²) in [5, 5.41) is 2.72. The number of halogens is 1. The van der Waals surface area contributed by atoms with Crippen molar-refractivity contribution in [3.8, 4) is 5.75 Å². The first kappa shape index (κ1) is 21.7. The summed E-state index contributed by atoms with van der Waals surface area (Å²) in [6.45, 7) is 7.28. The van der Waals surface area contributed by atoms with Gasteiger partial charge >= 0.3 is 0 Å². The van der Waals surface area contributed by atoms with Gasteiger partial charge < -0.3 is 14.5 Å². The maximum absolute atomic E-state index is 13.2. The lowest BCUT2D eigenvalue weighted by Gasteiger charge is -2.37. The summed E-state index contributed by atoms with van der Waals surface area (Å²) < 4.78 is 6.00. The molecule has 0 N–H and O–H groups in total. The molecule has 0 radical (unpaired) electrons. The maximum Gasteiger partial charge on any atom is 0.242 e. The molecule has 1 aliphatic heterocycles. The van der Waals surface area contributed by atoms with E-state index in [1.807, 2.05) is 30.9 Å². The Morgan fingerprint density at radius 1 is 1.28 bits per heavy atom. The van der Waals surface area contributed by atoms with Gasteiger partial charge in [0.1, 0.15) is 12.4 Å². The lowest BCUT2D eigenvalue weighted by Crippen LogP contribution is -2.48. The largest absolute Gasteiger partial charge is 0.491 e. The molecule has 1 atom stereocenters. The number of ether oxygens (including phenoxy) is 1. The number of thiophene rings is 1.